The molecular weight excluding hydrogens is 448 g/mol. The number of H-pyrrole nitrogens is 1. The first-order valence-corrected chi connectivity index (χ1v) is 11.7. The molecular formula is C26H22N4O3S. The Hall–Kier alpha value is -4.04. The first kappa shape index (κ1) is 21.8. The largest absolute Gasteiger partial charge is 0.495 e. The number of aryl methyl sites for hydroxylation is 1. The number of carbonyl (C=O) groups is 1. The van der Waals surface area contributed by atoms with Gasteiger partial charge in [-0.15, -0.1) is 0 Å². The number of aromatic amines is 1. The van der Waals surface area contributed by atoms with Gasteiger partial charge in [0, 0.05) is 16.6 Å². The molecule has 5 aromatic rings. The summed E-state index contributed by atoms with van der Waals surface area (Å²) >= 11 is 1.20. The summed E-state index contributed by atoms with van der Waals surface area (Å²) in [5.74, 6) is 0.435. The SMILES string of the molecule is COc1ccccc1-n1c(SCC(=O)Nc2ccc(C)cc2)nc2c([nH]c3ccccc32)c1=O. The molecule has 2 aromatic heterocycles. The predicted octanol–water partition coefficient (Wildman–Crippen LogP) is 4.91. The number of hydrogen-bond donors (Lipinski definition) is 2. The molecule has 1 amide bonds. The zero-order chi connectivity index (χ0) is 23.7. The Balaban J connectivity index is 1.58. The van der Waals surface area contributed by atoms with Gasteiger partial charge in [-0.25, -0.2) is 9.55 Å². The van der Waals surface area contributed by atoms with Gasteiger partial charge in [-0.3, -0.25) is 9.59 Å². The highest BCUT2D eigenvalue weighted by atomic mass is 32.2. The molecule has 0 aliphatic carbocycles. The minimum atomic E-state index is -0.257. The summed E-state index contributed by atoms with van der Waals surface area (Å²) in [6.45, 7) is 1.99. The van der Waals surface area contributed by atoms with E-state index in [0.29, 0.717) is 27.6 Å². The van der Waals surface area contributed by atoms with E-state index in [4.69, 9.17) is 9.72 Å². The van der Waals surface area contributed by atoms with Gasteiger partial charge in [-0.05, 0) is 37.3 Å². The summed E-state index contributed by atoms with van der Waals surface area (Å²) in [5.41, 5.74) is 3.95. The molecule has 0 saturated heterocycles. The maximum Gasteiger partial charge on any atom is 0.283 e. The van der Waals surface area contributed by atoms with Crippen LogP contribution in [0.1, 0.15) is 5.56 Å². The fourth-order valence-electron chi connectivity index (χ4n) is 3.83. The Bertz CT molecular complexity index is 1570. The number of para-hydroxylation sites is 3. The highest BCUT2D eigenvalue weighted by Crippen LogP contribution is 2.29. The molecule has 0 bridgehead atoms. The standard InChI is InChI=1S/C26H22N4O3S/c1-16-11-13-17(14-12-16)27-22(31)15-34-26-29-23-18-7-3-4-8-19(18)28-24(23)25(32)30(26)20-9-5-6-10-21(20)33-2/h3-14,28H,15H2,1-2H3,(H,27,31). The monoisotopic (exact) mass is 470 g/mol. The molecule has 2 N–H and O–H groups in total. The number of fused-ring (bicyclic) bond motifs is 3. The molecule has 5 rings (SSSR count). The van der Waals surface area contributed by atoms with E-state index in [1.807, 2.05) is 67.6 Å². The van der Waals surface area contributed by atoms with Gasteiger partial charge in [0.2, 0.25) is 5.91 Å². The van der Waals surface area contributed by atoms with Gasteiger partial charge in [-0.2, -0.15) is 0 Å². The lowest BCUT2D eigenvalue weighted by Gasteiger charge is -2.15. The molecule has 0 fully saturated rings. The number of aromatic nitrogens is 3. The molecule has 0 radical (unpaired) electrons. The lowest BCUT2D eigenvalue weighted by Crippen LogP contribution is -2.23. The Labute approximate surface area is 199 Å². The number of hydrogen-bond acceptors (Lipinski definition) is 5. The molecule has 3 aromatic carbocycles. The fraction of sp³-hybridized carbons (Fsp3) is 0.115. The van der Waals surface area contributed by atoms with E-state index in [9.17, 15) is 9.59 Å². The van der Waals surface area contributed by atoms with Gasteiger partial charge in [0.05, 0.1) is 18.6 Å². The molecule has 0 spiro atoms. The Morgan fingerprint density at radius 3 is 2.59 bits per heavy atom. The number of nitrogens with zero attached hydrogens (tertiary/aromatic N) is 2. The Morgan fingerprint density at radius 1 is 1.06 bits per heavy atom. The summed E-state index contributed by atoms with van der Waals surface area (Å²) in [6, 6.07) is 22.5. The summed E-state index contributed by atoms with van der Waals surface area (Å²) in [4.78, 5) is 34.4. The molecule has 0 unspecified atom stereocenters. The Kier molecular flexibility index (Phi) is 5.81. The quantitative estimate of drug-likeness (QED) is 0.272. The van der Waals surface area contributed by atoms with Crippen LogP contribution in [0.15, 0.2) is 82.7 Å². The third kappa shape index (κ3) is 4.04. The van der Waals surface area contributed by atoms with Gasteiger partial charge in [0.1, 0.15) is 16.8 Å². The third-order valence-electron chi connectivity index (χ3n) is 5.49. The van der Waals surface area contributed by atoms with E-state index < -0.39 is 0 Å². The van der Waals surface area contributed by atoms with Crippen LogP contribution < -0.4 is 15.6 Å². The van der Waals surface area contributed by atoms with Crippen LogP contribution in [0, 0.1) is 6.92 Å². The van der Waals surface area contributed by atoms with Gasteiger partial charge in [0.25, 0.3) is 5.56 Å². The van der Waals surface area contributed by atoms with Crippen molar-refractivity contribution in [3.8, 4) is 11.4 Å². The van der Waals surface area contributed by atoms with Crippen LogP contribution in [0.25, 0.3) is 27.6 Å². The summed E-state index contributed by atoms with van der Waals surface area (Å²) < 4.78 is 7.01. The summed E-state index contributed by atoms with van der Waals surface area (Å²) in [7, 11) is 1.56. The van der Waals surface area contributed by atoms with Crippen LogP contribution in [0.2, 0.25) is 0 Å². The van der Waals surface area contributed by atoms with Gasteiger partial charge < -0.3 is 15.0 Å². The second-order valence-electron chi connectivity index (χ2n) is 7.80. The number of thioether (sulfide) groups is 1. The van der Waals surface area contributed by atoms with Crippen LogP contribution in [0.5, 0.6) is 5.75 Å². The van der Waals surface area contributed by atoms with Crippen LogP contribution in [-0.4, -0.2) is 33.3 Å². The second kappa shape index (κ2) is 9.07. The van der Waals surface area contributed by atoms with Crippen molar-refractivity contribution in [2.24, 2.45) is 0 Å². The van der Waals surface area contributed by atoms with Gasteiger partial charge in [0.15, 0.2) is 5.16 Å². The van der Waals surface area contributed by atoms with Crippen LogP contribution in [-0.2, 0) is 4.79 Å². The van der Waals surface area contributed by atoms with Gasteiger partial charge >= 0.3 is 0 Å². The topological polar surface area (TPSA) is 89.0 Å². The highest BCUT2D eigenvalue weighted by molar-refractivity contribution is 7.99. The molecule has 34 heavy (non-hydrogen) atoms. The van der Waals surface area contributed by atoms with E-state index in [2.05, 4.69) is 10.3 Å². The van der Waals surface area contributed by atoms with Crippen molar-refractivity contribution in [3.05, 3.63) is 88.7 Å². The van der Waals surface area contributed by atoms with E-state index in [1.54, 1.807) is 19.2 Å². The second-order valence-corrected chi connectivity index (χ2v) is 8.75. The molecule has 0 saturated carbocycles. The van der Waals surface area contributed by atoms with E-state index >= 15 is 0 Å². The van der Waals surface area contributed by atoms with E-state index in [-0.39, 0.29) is 17.2 Å². The summed E-state index contributed by atoms with van der Waals surface area (Å²) in [6.07, 6.45) is 0. The summed E-state index contributed by atoms with van der Waals surface area (Å²) in [5, 5.41) is 4.15. The number of ether oxygens (including phenoxy) is 1. The lowest BCUT2D eigenvalue weighted by molar-refractivity contribution is -0.113. The van der Waals surface area contributed by atoms with Crippen LogP contribution >= 0.6 is 11.8 Å². The van der Waals surface area contributed by atoms with Crippen molar-refractivity contribution in [3.63, 3.8) is 0 Å². The van der Waals surface area contributed by atoms with Crippen LogP contribution in [0.4, 0.5) is 5.69 Å². The van der Waals surface area contributed by atoms with E-state index in [1.165, 1.54) is 16.3 Å². The number of anilines is 1. The zero-order valence-corrected chi connectivity index (χ0v) is 19.5. The molecule has 0 aliphatic heterocycles. The normalized spacial score (nSPS) is 11.1. The predicted molar refractivity (Wildman–Crippen MR) is 136 cm³/mol. The van der Waals surface area contributed by atoms with Crippen molar-refractivity contribution in [2.75, 3.05) is 18.2 Å². The number of methoxy groups -OCH3 is 1. The van der Waals surface area contributed by atoms with Crippen molar-refractivity contribution in [1.82, 2.24) is 14.5 Å². The number of rotatable bonds is 6. The molecule has 7 nitrogen and oxygen atoms in total. The minimum absolute atomic E-state index is 0.0866. The highest BCUT2D eigenvalue weighted by Gasteiger charge is 2.20. The van der Waals surface area contributed by atoms with Crippen LogP contribution in [0.3, 0.4) is 0 Å². The van der Waals surface area contributed by atoms with Crippen molar-refractivity contribution in [1.29, 1.82) is 0 Å². The Morgan fingerprint density at radius 2 is 1.79 bits per heavy atom. The van der Waals surface area contributed by atoms with Gasteiger partial charge in [-0.1, -0.05) is 59.8 Å². The smallest absolute Gasteiger partial charge is 0.283 e. The number of carbonyl (C=O) groups excluding carboxylic acids is 1. The lowest BCUT2D eigenvalue weighted by atomic mass is 10.2. The average molecular weight is 471 g/mol. The van der Waals surface area contributed by atoms with Crippen molar-refractivity contribution in [2.45, 2.75) is 12.1 Å². The minimum Gasteiger partial charge on any atom is -0.495 e. The molecule has 170 valence electrons. The first-order chi connectivity index (χ1) is 16.5. The third-order valence-corrected chi connectivity index (χ3v) is 6.43. The van der Waals surface area contributed by atoms with E-state index in [0.717, 1.165) is 22.2 Å². The molecule has 0 atom stereocenters. The first-order valence-electron chi connectivity index (χ1n) is 10.7. The maximum atomic E-state index is 13.7. The molecule has 2 heterocycles. The van der Waals surface area contributed by atoms with Crippen molar-refractivity contribution >= 4 is 45.3 Å². The number of nitrogens with one attached hydrogen (secondary N) is 2. The maximum absolute atomic E-state index is 13.7. The fourth-order valence-corrected chi connectivity index (χ4v) is 4.63. The average Bonchev–Trinajstić information content (AvgIpc) is 3.23. The molecule has 0 aliphatic rings. The number of amides is 1. The zero-order valence-electron chi connectivity index (χ0n) is 18.7. The number of benzene rings is 3. The molecule has 8 heteroatoms. The van der Waals surface area contributed by atoms with Crippen molar-refractivity contribution < 1.29 is 9.53 Å².